The van der Waals surface area contributed by atoms with E-state index in [0.717, 1.165) is 36.6 Å². The Labute approximate surface area is 150 Å². The Balaban J connectivity index is 1.56. The normalized spacial score (nSPS) is 16.8. The highest BCUT2D eigenvalue weighted by molar-refractivity contribution is 8.00. The maximum Gasteiger partial charge on any atom is 0.277 e. The van der Waals surface area contributed by atoms with E-state index in [9.17, 15) is 4.79 Å². The van der Waals surface area contributed by atoms with Crippen molar-refractivity contribution in [3.63, 3.8) is 0 Å². The molecule has 0 spiro atoms. The quantitative estimate of drug-likeness (QED) is 0.756. The van der Waals surface area contributed by atoms with Crippen LogP contribution in [-0.2, 0) is 11.2 Å². The zero-order valence-electron chi connectivity index (χ0n) is 14.0. The number of amides is 1. The molecule has 3 rings (SSSR count). The predicted molar refractivity (Wildman–Crippen MR) is 94.3 cm³/mol. The van der Waals surface area contributed by atoms with Crippen molar-refractivity contribution < 1.29 is 9.21 Å². The van der Waals surface area contributed by atoms with Gasteiger partial charge in [-0.1, -0.05) is 24.6 Å². The summed E-state index contributed by atoms with van der Waals surface area (Å²) in [7, 11) is 0. The Kier molecular flexibility index (Phi) is 5.89. The lowest BCUT2D eigenvalue weighted by molar-refractivity contribution is -0.130. The lowest BCUT2D eigenvalue weighted by Gasteiger charge is -2.23. The number of aryl methyl sites for hydroxylation is 1. The summed E-state index contributed by atoms with van der Waals surface area (Å²) in [6.45, 7) is 5.61. The molecular formula is C16H22N4O2S2. The first-order chi connectivity index (χ1) is 11.6. The summed E-state index contributed by atoms with van der Waals surface area (Å²) >= 11 is 2.95. The smallest absolute Gasteiger partial charge is 0.277 e. The number of thiazole rings is 1. The number of carbonyl (C=O) groups excluding carboxylic acids is 1. The third-order valence-corrected chi connectivity index (χ3v) is 5.73. The molecule has 24 heavy (non-hydrogen) atoms. The zero-order chi connectivity index (χ0) is 16.9. The van der Waals surface area contributed by atoms with Gasteiger partial charge in [0.05, 0.1) is 22.4 Å². The molecule has 0 aliphatic carbocycles. The predicted octanol–water partition coefficient (Wildman–Crippen LogP) is 3.31. The molecule has 1 amide bonds. The summed E-state index contributed by atoms with van der Waals surface area (Å²) in [4.78, 5) is 18.9. The van der Waals surface area contributed by atoms with E-state index in [2.05, 4.69) is 15.2 Å². The van der Waals surface area contributed by atoms with Crippen molar-refractivity contribution in [1.29, 1.82) is 0 Å². The molecule has 0 saturated carbocycles. The number of hydrogen-bond donors (Lipinski definition) is 0. The molecule has 1 aliphatic heterocycles. The van der Waals surface area contributed by atoms with Gasteiger partial charge < -0.3 is 9.32 Å². The second-order valence-corrected chi connectivity index (χ2v) is 8.35. The number of thioether (sulfide) groups is 1. The van der Waals surface area contributed by atoms with E-state index >= 15 is 0 Å². The molecule has 6 nitrogen and oxygen atoms in total. The van der Waals surface area contributed by atoms with Gasteiger partial charge in [0.1, 0.15) is 0 Å². The van der Waals surface area contributed by atoms with Crippen LogP contribution in [0.1, 0.15) is 49.2 Å². The monoisotopic (exact) mass is 366 g/mol. The van der Waals surface area contributed by atoms with Crippen molar-refractivity contribution in [2.75, 3.05) is 13.1 Å². The number of likely N-dealkylation sites (tertiary alicyclic amines) is 1. The van der Waals surface area contributed by atoms with Gasteiger partial charge in [0, 0.05) is 18.5 Å². The molecule has 0 unspecified atom stereocenters. The fraction of sp³-hybridized carbons (Fsp3) is 0.625. The number of hydrogen-bond acceptors (Lipinski definition) is 7. The van der Waals surface area contributed by atoms with Crippen LogP contribution < -0.4 is 0 Å². The zero-order valence-corrected chi connectivity index (χ0v) is 15.7. The van der Waals surface area contributed by atoms with Crippen molar-refractivity contribution in [3.05, 3.63) is 22.0 Å². The van der Waals surface area contributed by atoms with Crippen LogP contribution in [0, 0.1) is 6.92 Å². The van der Waals surface area contributed by atoms with Crippen LogP contribution in [0.3, 0.4) is 0 Å². The van der Waals surface area contributed by atoms with E-state index in [0.29, 0.717) is 17.5 Å². The third kappa shape index (κ3) is 4.57. The van der Waals surface area contributed by atoms with Crippen LogP contribution in [0.4, 0.5) is 0 Å². The van der Waals surface area contributed by atoms with Crippen LogP contribution in [-0.4, -0.2) is 44.3 Å². The van der Waals surface area contributed by atoms with Crippen molar-refractivity contribution in [2.24, 2.45) is 0 Å². The van der Waals surface area contributed by atoms with Crippen LogP contribution in [0.2, 0.25) is 0 Å². The SMILES string of the molecule is Cc1nc(Cc2nnc(S[C@H](C)C(=O)N3CCCCCC3)o2)cs1. The lowest BCUT2D eigenvalue weighted by atomic mass is 10.2. The molecule has 1 aliphatic rings. The molecule has 0 aromatic carbocycles. The van der Waals surface area contributed by atoms with E-state index in [-0.39, 0.29) is 11.2 Å². The third-order valence-electron chi connectivity index (χ3n) is 3.99. The maximum absolute atomic E-state index is 12.6. The van der Waals surface area contributed by atoms with Gasteiger partial charge in [-0.3, -0.25) is 4.79 Å². The van der Waals surface area contributed by atoms with Crippen molar-refractivity contribution in [2.45, 2.75) is 56.4 Å². The molecule has 3 heterocycles. The Morgan fingerprint density at radius 3 is 2.75 bits per heavy atom. The highest BCUT2D eigenvalue weighted by Gasteiger charge is 2.24. The second-order valence-electron chi connectivity index (χ2n) is 6.00. The van der Waals surface area contributed by atoms with Crippen molar-refractivity contribution in [3.8, 4) is 0 Å². The summed E-state index contributed by atoms with van der Waals surface area (Å²) in [5.74, 6) is 0.703. The summed E-state index contributed by atoms with van der Waals surface area (Å²) in [6, 6.07) is 0. The molecule has 0 radical (unpaired) electrons. The topological polar surface area (TPSA) is 72.1 Å². The molecular weight excluding hydrogens is 344 g/mol. The van der Waals surface area contributed by atoms with Gasteiger partial charge in [0.15, 0.2) is 0 Å². The van der Waals surface area contributed by atoms with Gasteiger partial charge in [0.2, 0.25) is 11.8 Å². The Bertz CT molecular complexity index is 677. The number of rotatable bonds is 5. The molecule has 1 atom stereocenters. The summed E-state index contributed by atoms with van der Waals surface area (Å²) in [5.41, 5.74) is 0.936. The van der Waals surface area contributed by atoms with E-state index in [1.54, 1.807) is 11.3 Å². The number of aromatic nitrogens is 3. The maximum atomic E-state index is 12.6. The molecule has 2 aromatic rings. The largest absolute Gasteiger partial charge is 0.416 e. The Hall–Kier alpha value is -1.41. The van der Waals surface area contributed by atoms with E-state index < -0.39 is 0 Å². The highest BCUT2D eigenvalue weighted by atomic mass is 32.2. The first kappa shape index (κ1) is 17.4. The fourth-order valence-corrected chi connectivity index (χ4v) is 4.15. The van der Waals surface area contributed by atoms with Gasteiger partial charge in [0.25, 0.3) is 5.22 Å². The molecule has 1 fully saturated rings. The molecule has 0 bridgehead atoms. The van der Waals surface area contributed by atoms with E-state index in [4.69, 9.17) is 4.42 Å². The molecule has 8 heteroatoms. The first-order valence-electron chi connectivity index (χ1n) is 8.30. The summed E-state index contributed by atoms with van der Waals surface area (Å²) in [5, 5.41) is 11.4. The average Bonchev–Trinajstić information content (AvgIpc) is 3.07. The highest BCUT2D eigenvalue weighted by Crippen LogP contribution is 2.25. The minimum absolute atomic E-state index is 0.164. The number of nitrogens with zero attached hydrogens (tertiary/aromatic N) is 4. The van der Waals surface area contributed by atoms with Gasteiger partial charge in [-0.25, -0.2) is 4.98 Å². The van der Waals surface area contributed by atoms with Gasteiger partial charge in [-0.05, 0) is 26.7 Å². The minimum atomic E-state index is -0.210. The standard InChI is InChI=1S/C16H22N4O2S2/c1-11(15(21)20-7-5-3-4-6-8-20)24-16-19-18-14(22-16)9-13-10-23-12(2)17-13/h10-11H,3-9H2,1-2H3/t11-/m1/s1. The first-order valence-corrected chi connectivity index (χ1v) is 10.1. The number of carbonyl (C=O) groups is 1. The van der Waals surface area contributed by atoms with Crippen LogP contribution in [0.15, 0.2) is 15.0 Å². The average molecular weight is 367 g/mol. The van der Waals surface area contributed by atoms with E-state index in [1.165, 1.54) is 24.6 Å². The second kappa shape index (κ2) is 8.11. The van der Waals surface area contributed by atoms with Gasteiger partial charge >= 0.3 is 0 Å². The molecule has 1 saturated heterocycles. The van der Waals surface area contributed by atoms with Gasteiger partial charge in [-0.15, -0.1) is 21.5 Å². The fourth-order valence-electron chi connectivity index (χ4n) is 2.75. The summed E-state index contributed by atoms with van der Waals surface area (Å²) in [6.07, 6.45) is 5.16. The van der Waals surface area contributed by atoms with Crippen LogP contribution in [0.25, 0.3) is 0 Å². The van der Waals surface area contributed by atoms with Crippen molar-refractivity contribution in [1.82, 2.24) is 20.1 Å². The molecule has 0 N–H and O–H groups in total. The molecule has 2 aromatic heterocycles. The molecule has 130 valence electrons. The van der Waals surface area contributed by atoms with Crippen LogP contribution in [0.5, 0.6) is 0 Å². The Morgan fingerprint density at radius 1 is 1.33 bits per heavy atom. The van der Waals surface area contributed by atoms with Gasteiger partial charge in [-0.2, -0.15) is 0 Å². The minimum Gasteiger partial charge on any atom is -0.416 e. The summed E-state index contributed by atoms with van der Waals surface area (Å²) < 4.78 is 5.66. The van der Waals surface area contributed by atoms with E-state index in [1.807, 2.05) is 24.1 Å². The van der Waals surface area contributed by atoms with Crippen molar-refractivity contribution >= 4 is 29.0 Å². The Morgan fingerprint density at radius 2 is 2.08 bits per heavy atom. The lowest BCUT2D eigenvalue weighted by Crippen LogP contribution is -2.37. The van der Waals surface area contributed by atoms with Crippen LogP contribution >= 0.6 is 23.1 Å².